The Kier molecular flexibility index (Phi) is 4.74. The van der Waals surface area contributed by atoms with E-state index in [1.54, 1.807) is 10.7 Å². The Labute approximate surface area is 122 Å². The highest BCUT2D eigenvalue weighted by Crippen LogP contribution is 2.26. The highest BCUT2D eigenvalue weighted by Gasteiger charge is 2.12. The Morgan fingerprint density at radius 2 is 2.00 bits per heavy atom. The monoisotopic (exact) mass is 297 g/mol. The van der Waals surface area contributed by atoms with Gasteiger partial charge in [-0.1, -0.05) is 37.6 Å². The molecule has 4 nitrogen and oxygen atoms in total. The van der Waals surface area contributed by atoms with E-state index in [2.05, 4.69) is 23.8 Å². The second-order valence-electron chi connectivity index (χ2n) is 4.10. The molecule has 0 saturated carbocycles. The van der Waals surface area contributed by atoms with Crippen molar-refractivity contribution in [1.29, 1.82) is 0 Å². The molecule has 2 aromatic rings. The molecule has 0 N–H and O–H groups in total. The van der Waals surface area contributed by atoms with E-state index >= 15 is 0 Å². The molecule has 2 rings (SSSR count). The van der Waals surface area contributed by atoms with Gasteiger partial charge in [0.05, 0.1) is 17.3 Å². The molecule has 6 heteroatoms. The van der Waals surface area contributed by atoms with Crippen LogP contribution in [0.2, 0.25) is 5.02 Å². The second kappa shape index (κ2) is 6.32. The van der Waals surface area contributed by atoms with Gasteiger partial charge in [-0.2, -0.15) is 0 Å². The highest BCUT2D eigenvalue weighted by atomic mass is 35.5. The number of hydrogen-bond donors (Lipinski definition) is 0. The number of nitrogens with zero attached hydrogens (tertiary/aromatic N) is 3. The van der Waals surface area contributed by atoms with Crippen molar-refractivity contribution in [3.05, 3.63) is 34.1 Å². The zero-order valence-electron chi connectivity index (χ0n) is 11.0. The van der Waals surface area contributed by atoms with Gasteiger partial charge >= 0.3 is 0 Å². The molecule has 0 saturated heterocycles. The average Bonchev–Trinajstić information content (AvgIpc) is 2.77. The van der Waals surface area contributed by atoms with Crippen LogP contribution in [0.4, 0.5) is 0 Å². The third kappa shape index (κ3) is 3.23. The molecule has 0 fully saturated rings. The maximum atomic E-state index is 6.13. The summed E-state index contributed by atoms with van der Waals surface area (Å²) < 4.78 is 7.21. The van der Waals surface area contributed by atoms with Gasteiger partial charge < -0.3 is 4.42 Å². The fourth-order valence-electron chi connectivity index (χ4n) is 1.75. The van der Waals surface area contributed by atoms with Gasteiger partial charge in [-0.15, -0.1) is 5.10 Å². The molecule has 0 radical (unpaired) electrons. The van der Waals surface area contributed by atoms with Crippen molar-refractivity contribution in [3.8, 4) is 11.5 Å². The molecule has 1 heterocycles. The van der Waals surface area contributed by atoms with Gasteiger partial charge in [-0.05, 0) is 37.4 Å². The van der Waals surface area contributed by atoms with Gasteiger partial charge in [-0.3, -0.25) is 4.90 Å². The molecule has 1 aromatic heterocycles. The van der Waals surface area contributed by atoms with Crippen LogP contribution in [0.15, 0.2) is 28.7 Å². The molecule has 19 heavy (non-hydrogen) atoms. The number of rotatable bonds is 5. The summed E-state index contributed by atoms with van der Waals surface area (Å²) in [5.74, 6) is 0.461. The average molecular weight is 298 g/mol. The van der Waals surface area contributed by atoms with Crippen molar-refractivity contribution < 1.29 is 4.42 Å². The predicted molar refractivity (Wildman–Crippen MR) is 78.7 cm³/mol. The van der Waals surface area contributed by atoms with Crippen molar-refractivity contribution in [2.45, 2.75) is 20.5 Å². The topological polar surface area (TPSA) is 34.2 Å². The first kappa shape index (κ1) is 14.2. The lowest BCUT2D eigenvalue weighted by atomic mass is 10.2. The van der Waals surface area contributed by atoms with Crippen LogP contribution in [0.1, 0.15) is 13.8 Å². The summed E-state index contributed by atoms with van der Waals surface area (Å²) in [6.07, 6.45) is 0. The van der Waals surface area contributed by atoms with E-state index in [0.717, 1.165) is 18.7 Å². The summed E-state index contributed by atoms with van der Waals surface area (Å²) in [5, 5.41) is 5.00. The molecular formula is C13H16ClN3OS. The Morgan fingerprint density at radius 3 is 2.63 bits per heavy atom. The van der Waals surface area contributed by atoms with E-state index in [0.29, 0.717) is 22.4 Å². The Morgan fingerprint density at radius 1 is 1.32 bits per heavy atom. The van der Waals surface area contributed by atoms with Crippen LogP contribution in [0.25, 0.3) is 11.5 Å². The first-order chi connectivity index (χ1) is 9.15. The van der Waals surface area contributed by atoms with Crippen molar-refractivity contribution in [1.82, 2.24) is 14.7 Å². The summed E-state index contributed by atoms with van der Waals surface area (Å²) in [6, 6.07) is 7.43. The van der Waals surface area contributed by atoms with Crippen LogP contribution >= 0.6 is 23.8 Å². The van der Waals surface area contributed by atoms with E-state index in [1.165, 1.54) is 0 Å². The van der Waals surface area contributed by atoms with E-state index in [4.69, 9.17) is 28.2 Å². The fraction of sp³-hybridized carbons (Fsp3) is 0.385. The molecule has 0 aliphatic rings. The first-order valence-electron chi connectivity index (χ1n) is 6.21. The van der Waals surface area contributed by atoms with Gasteiger partial charge in [0.15, 0.2) is 0 Å². The van der Waals surface area contributed by atoms with E-state index in [1.807, 2.05) is 18.2 Å². The minimum atomic E-state index is 0.363. The molecule has 102 valence electrons. The lowest BCUT2D eigenvalue weighted by Gasteiger charge is -2.16. The standard InChI is InChI=1S/C13H16ClN3OS/c1-3-16(4-2)9-17-13(19)18-12(15-17)10-7-5-6-8-11(10)14/h5-8H,3-4,9H2,1-2H3. The van der Waals surface area contributed by atoms with Crippen LogP contribution < -0.4 is 0 Å². The largest absolute Gasteiger partial charge is 0.409 e. The van der Waals surface area contributed by atoms with Gasteiger partial charge in [0, 0.05) is 0 Å². The molecule has 0 unspecified atom stereocenters. The van der Waals surface area contributed by atoms with Gasteiger partial charge in [-0.25, -0.2) is 4.68 Å². The molecular weight excluding hydrogens is 282 g/mol. The molecule has 0 bridgehead atoms. The van der Waals surface area contributed by atoms with Crippen LogP contribution in [0, 0.1) is 4.84 Å². The third-order valence-electron chi connectivity index (χ3n) is 2.94. The Hall–Kier alpha value is -1.17. The quantitative estimate of drug-likeness (QED) is 0.786. The third-order valence-corrected chi connectivity index (χ3v) is 3.56. The van der Waals surface area contributed by atoms with Crippen molar-refractivity contribution >= 4 is 23.8 Å². The fourth-order valence-corrected chi connectivity index (χ4v) is 2.15. The number of aromatic nitrogens is 2. The summed E-state index contributed by atoms with van der Waals surface area (Å²) in [5.41, 5.74) is 0.758. The maximum absolute atomic E-state index is 6.13. The Bertz CT molecular complexity index is 604. The minimum absolute atomic E-state index is 0.363. The van der Waals surface area contributed by atoms with Crippen LogP contribution in [-0.4, -0.2) is 27.8 Å². The van der Waals surface area contributed by atoms with Crippen molar-refractivity contribution in [2.24, 2.45) is 0 Å². The summed E-state index contributed by atoms with van der Waals surface area (Å²) in [7, 11) is 0. The minimum Gasteiger partial charge on any atom is -0.409 e. The molecule has 1 aromatic carbocycles. The number of hydrogen-bond acceptors (Lipinski definition) is 4. The lowest BCUT2D eigenvalue weighted by Crippen LogP contribution is -2.26. The summed E-state index contributed by atoms with van der Waals surface area (Å²) >= 11 is 11.3. The zero-order chi connectivity index (χ0) is 13.8. The molecule has 0 amide bonds. The molecule has 0 aliphatic heterocycles. The van der Waals surface area contributed by atoms with Crippen LogP contribution in [-0.2, 0) is 6.67 Å². The predicted octanol–water partition coefficient (Wildman–Crippen LogP) is 3.83. The van der Waals surface area contributed by atoms with Crippen LogP contribution in [0.3, 0.4) is 0 Å². The van der Waals surface area contributed by atoms with E-state index < -0.39 is 0 Å². The molecule has 0 spiro atoms. The molecule has 0 aliphatic carbocycles. The van der Waals surface area contributed by atoms with Gasteiger partial charge in [0.2, 0.25) is 5.89 Å². The molecule has 0 atom stereocenters. The number of halogens is 1. The van der Waals surface area contributed by atoms with E-state index in [-0.39, 0.29) is 0 Å². The normalized spacial score (nSPS) is 11.2. The summed E-state index contributed by atoms with van der Waals surface area (Å²) in [4.78, 5) is 2.57. The van der Waals surface area contributed by atoms with E-state index in [9.17, 15) is 0 Å². The first-order valence-corrected chi connectivity index (χ1v) is 6.99. The van der Waals surface area contributed by atoms with Crippen molar-refractivity contribution in [3.63, 3.8) is 0 Å². The van der Waals surface area contributed by atoms with Crippen LogP contribution in [0.5, 0.6) is 0 Å². The Balaban J connectivity index is 2.31. The zero-order valence-corrected chi connectivity index (χ0v) is 12.5. The number of benzene rings is 1. The van der Waals surface area contributed by atoms with Gasteiger partial charge in [0.25, 0.3) is 4.84 Å². The SMILES string of the molecule is CCN(CC)Cn1nc(-c2ccccc2Cl)oc1=S. The highest BCUT2D eigenvalue weighted by molar-refractivity contribution is 7.71. The summed E-state index contributed by atoms with van der Waals surface area (Å²) in [6.45, 7) is 6.70. The second-order valence-corrected chi connectivity index (χ2v) is 4.85. The van der Waals surface area contributed by atoms with Gasteiger partial charge in [0.1, 0.15) is 0 Å². The van der Waals surface area contributed by atoms with Crippen molar-refractivity contribution in [2.75, 3.05) is 13.1 Å². The smallest absolute Gasteiger partial charge is 0.288 e. The lowest BCUT2D eigenvalue weighted by molar-refractivity contribution is 0.224. The maximum Gasteiger partial charge on any atom is 0.288 e.